The molecule has 4 heterocycles. The van der Waals surface area contributed by atoms with Crippen molar-refractivity contribution in [3.63, 3.8) is 0 Å². The number of benzene rings is 1. The van der Waals surface area contributed by atoms with Crippen LogP contribution in [0.15, 0.2) is 54.2 Å². The van der Waals surface area contributed by atoms with Gasteiger partial charge in [0.1, 0.15) is 18.0 Å². The molecule has 3 aromatic heterocycles. The standard InChI is InChI=1S/C26H29N5O3S/c1-17-7-6-10-31-14-20(27-24(17)31)15-33-23-9-5-4-8-22(23)25(32)29-26-28-21(16-35-26)13-30-11-18(2)34-19(3)12-30/h4-10,14,16,18-19H,11-13,15H2,1-3H3,(H,28,29,32). The number of morpholine rings is 1. The maximum absolute atomic E-state index is 13.0. The SMILES string of the molecule is Cc1cccn2cc(COc3ccccc3C(=O)Nc3nc(CN4CC(C)OC(C)C4)cs3)nc12. The molecule has 1 saturated heterocycles. The van der Waals surface area contributed by atoms with E-state index in [1.165, 1.54) is 11.3 Å². The summed E-state index contributed by atoms with van der Waals surface area (Å²) in [5.74, 6) is 0.257. The van der Waals surface area contributed by atoms with Crippen LogP contribution in [0.4, 0.5) is 5.13 Å². The van der Waals surface area contributed by atoms with Gasteiger partial charge < -0.3 is 13.9 Å². The molecule has 5 rings (SSSR count). The van der Waals surface area contributed by atoms with Crippen LogP contribution < -0.4 is 10.1 Å². The monoisotopic (exact) mass is 491 g/mol. The van der Waals surface area contributed by atoms with Gasteiger partial charge in [0, 0.05) is 37.4 Å². The minimum Gasteiger partial charge on any atom is -0.486 e. The van der Waals surface area contributed by atoms with E-state index in [-0.39, 0.29) is 24.7 Å². The summed E-state index contributed by atoms with van der Waals surface area (Å²) in [7, 11) is 0. The number of pyridine rings is 1. The predicted octanol–water partition coefficient (Wildman–Crippen LogP) is 4.54. The molecule has 0 aliphatic carbocycles. The molecule has 1 aliphatic rings. The Bertz CT molecular complexity index is 1320. The van der Waals surface area contributed by atoms with Gasteiger partial charge in [-0.15, -0.1) is 11.3 Å². The Morgan fingerprint density at radius 3 is 2.74 bits per heavy atom. The third-order valence-corrected chi connectivity index (χ3v) is 6.69. The summed E-state index contributed by atoms with van der Waals surface area (Å²) < 4.78 is 13.8. The van der Waals surface area contributed by atoms with Gasteiger partial charge >= 0.3 is 0 Å². The zero-order valence-corrected chi connectivity index (χ0v) is 20.9. The number of amides is 1. The Morgan fingerprint density at radius 1 is 1.14 bits per heavy atom. The van der Waals surface area contributed by atoms with E-state index in [0.29, 0.717) is 16.4 Å². The molecule has 1 fully saturated rings. The molecule has 1 amide bonds. The average molecular weight is 492 g/mol. The third kappa shape index (κ3) is 5.53. The number of anilines is 1. The molecular weight excluding hydrogens is 462 g/mol. The topological polar surface area (TPSA) is 81.0 Å². The number of aryl methyl sites for hydroxylation is 1. The van der Waals surface area contributed by atoms with Crippen LogP contribution in [0.3, 0.4) is 0 Å². The van der Waals surface area contributed by atoms with Crippen molar-refractivity contribution in [3.8, 4) is 5.75 Å². The second-order valence-corrected chi connectivity index (χ2v) is 9.85. The first-order chi connectivity index (χ1) is 16.9. The van der Waals surface area contributed by atoms with Crippen LogP contribution in [0.1, 0.15) is 41.2 Å². The maximum Gasteiger partial charge on any atom is 0.261 e. The zero-order chi connectivity index (χ0) is 24.4. The number of carbonyl (C=O) groups excluding carboxylic acids is 1. The number of aromatic nitrogens is 3. The lowest BCUT2D eigenvalue weighted by molar-refractivity contribution is -0.0707. The second-order valence-electron chi connectivity index (χ2n) is 8.99. The van der Waals surface area contributed by atoms with Gasteiger partial charge in [0.15, 0.2) is 5.13 Å². The normalized spacial score (nSPS) is 18.6. The number of nitrogens with zero attached hydrogens (tertiary/aromatic N) is 4. The van der Waals surface area contributed by atoms with Gasteiger partial charge in [-0.1, -0.05) is 18.2 Å². The smallest absolute Gasteiger partial charge is 0.261 e. The first kappa shape index (κ1) is 23.5. The van der Waals surface area contributed by atoms with Crippen LogP contribution in [0, 0.1) is 6.92 Å². The lowest BCUT2D eigenvalue weighted by atomic mass is 10.2. The van der Waals surface area contributed by atoms with Crippen LogP contribution in [0.2, 0.25) is 0 Å². The van der Waals surface area contributed by atoms with Gasteiger partial charge in [0.05, 0.1) is 29.2 Å². The molecule has 182 valence electrons. The summed E-state index contributed by atoms with van der Waals surface area (Å²) in [5, 5.41) is 5.49. The Kier molecular flexibility index (Phi) is 6.81. The summed E-state index contributed by atoms with van der Waals surface area (Å²) in [6.45, 7) is 8.96. The molecule has 0 radical (unpaired) electrons. The molecule has 9 heteroatoms. The molecule has 0 spiro atoms. The first-order valence-corrected chi connectivity index (χ1v) is 12.6. The van der Waals surface area contributed by atoms with Gasteiger partial charge in [-0.2, -0.15) is 0 Å². The van der Waals surface area contributed by atoms with Crippen LogP contribution in [0.25, 0.3) is 5.65 Å². The molecule has 0 bridgehead atoms. The molecule has 1 N–H and O–H groups in total. The molecule has 8 nitrogen and oxygen atoms in total. The second kappa shape index (κ2) is 10.2. The van der Waals surface area contributed by atoms with Crippen molar-refractivity contribution in [2.75, 3.05) is 18.4 Å². The Balaban J connectivity index is 1.23. The number of hydrogen-bond donors (Lipinski definition) is 1. The lowest BCUT2D eigenvalue weighted by Crippen LogP contribution is -2.44. The van der Waals surface area contributed by atoms with E-state index in [4.69, 9.17) is 9.47 Å². The highest BCUT2D eigenvalue weighted by Gasteiger charge is 2.23. The van der Waals surface area contributed by atoms with Crippen molar-refractivity contribution in [1.29, 1.82) is 0 Å². The number of thiazole rings is 1. The zero-order valence-electron chi connectivity index (χ0n) is 20.1. The van der Waals surface area contributed by atoms with E-state index in [0.717, 1.165) is 42.2 Å². The molecule has 2 unspecified atom stereocenters. The van der Waals surface area contributed by atoms with Crippen LogP contribution in [0.5, 0.6) is 5.75 Å². The number of rotatable bonds is 7. The number of hydrogen-bond acceptors (Lipinski definition) is 7. The van der Waals surface area contributed by atoms with Crippen molar-refractivity contribution in [1.82, 2.24) is 19.3 Å². The Labute approximate surface area is 208 Å². The number of ether oxygens (including phenoxy) is 2. The van der Waals surface area contributed by atoms with Crippen molar-refractivity contribution in [2.24, 2.45) is 0 Å². The molecule has 1 aromatic carbocycles. The van der Waals surface area contributed by atoms with Crippen molar-refractivity contribution >= 4 is 28.0 Å². The minimum atomic E-state index is -0.249. The Morgan fingerprint density at radius 2 is 1.94 bits per heavy atom. The molecule has 35 heavy (non-hydrogen) atoms. The van der Waals surface area contributed by atoms with Crippen molar-refractivity contribution in [2.45, 2.75) is 46.1 Å². The average Bonchev–Trinajstić information content (AvgIpc) is 3.44. The van der Waals surface area contributed by atoms with E-state index in [9.17, 15) is 4.79 Å². The van der Waals surface area contributed by atoms with E-state index in [1.54, 1.807) is 12.1 Å². The summed E-state index contributed by atoms with van der Waals surface area (Å²) in [6.07, 6.45) is 4.32. The van der Waals surface area contributed by atoms with Gasteiger partial charge in [-0.3, -0.25) is 15.0 Å². The quantitative estimate of drug-likeness (QED) is 0.409. The number of carbonyl (C=O) groups is 1. The van der Waals surface area contributed by atoms with E-state index >= 15 is 0 Å². The van der Waals surface area contributed by atoms with E-state index < -0.39 is 0 Å². The first-order valence-electron chi connectivity index (χ1n) is 11.7. The maximum atomic E-state index is 13.0. The highest BCUT2D eigenvalue weighted by atomic mass is 32.1. The van der Waals surface area contributed by atoms with Crippen LogP contribution in [-0.2, 0) is 17.9 Å². The number of nitrogens with one attached hydrogen (secondary N) is 1. The Hall–Kier alpha value is -3.27. The predicted molar refractivity (Wildman–Crippen MR) is 136 cm³/mol. The largest absolute Gasteiger partial charge is 0.486 e. The summed E-state index contributed by atoms with van der Waals surface area (Å²) in [4.78, 5) is 24.7. The third-order valence-electron chi connectivity index (χ3n) is 5.89. The lowest BCUT2D eigenvalue weighted by Gasteiger charge is -2.34. The fourth-order valence-electron chi connectivity index (χ4n) is 4.45. The van der Waals surface area contributed by atoms with Crippen molar-refractivity contribution < 1.29 is 14.3 Å². The van der Waals surface area contributed by atoms with Gasteiger partial charge in [0.2, 0.25) is 0 Å². The van der Waals surface area contributed by atoms with Gasteiger partial charge in [-0.05, 0) is 44.5 Å². The van der Waals surface area contributed by atoms with Crippen molar-refractivity contribution in [3.05, 3.63) is 76.7 Å². The molecule has 1 aliphatic heterocycles. The fourth-order valence-corrected chi connectivity index (χ4v) is 5.15. The minimum absolute atomic E-state index is 0.206. The molecule has 0 saturated carbocycles. The van der Waals surface area contributed by atoms with E-state index in [2.05, 4.69) is 34.0 Å². The fraction of sp³-hybridized carbons (Fsp3) is 0.346. The van der Waals surface area contributed by atoms with Gasteiger partial charge in [0.25, 0.3) is 5.91 Å². The highest BCUT2D eigenvalue weighted by Crippen LogP contribution is 2.24. The van der Waals surface area contributed by atoms with E-state index in [1.807, 2.05) is 53.4 Å². The molecular formula is C26H29N5O3S. The van der Waals surface area contributed by atoms with Crippen LogP contribution >= 0.6 is 11.3 Å². The molecule has 2 atom stereocenters. The summed E-state index contributed by atoms with van der Waals surface area (Å²) in [5.41, 5.74) is 4.20. The van der Waals surface area contributed by atoms with Gasteiger partial charge in [-0.25, -0.2) is 9.97 Å². The summed E-state index contributed by atoms with van der Waals surface area (Å²) in [6, 6.07) is 11.2. The number of para-hydroxylation sites is 1. The number of imidazole rings is 1. The highest BCUT2D eigenvalue weighted by molar-refractivity contribution is 7.14. The number of fused-ring (bicyclic) bond motifs is 1. The summed E-state index contributed by atoms with van der Waals surface area (Å²) >= 11 is 1.43. The molecule has 4 aromatic rings. The van der Waals surface area contributed by atoms with Crippen LogP contribution in [-0.4, -0.2) is 50.5 Å².